The van der Waals surface area contributed by atoms with Crippen molar-refractivity contribution in [1.29, 1.82) is 0 Å². The van der Waals surface area contributed by atoms with Gasteiger partial charge in [-0.05, 0) is 74.7 Å². The Morgan fingerprint density at radius 3 is 2.29 bits per heavy atom. The zero-order valence-corrected chi connectivity index (χ0v) is 26.1. The zero-order chi connectivity index (χ0) is 30.3. The van der Waals surface area contributed by atoms with Crippen LogP contribution in [-0.2, 0) is 26.2 Å². The van der Waals surface area contributed by atoms with E-state index < -0.39 is 28.5 Å². The summed E-state index contributed by atoms with van der Waals surface area (Å²) in [5, 5.41) is 3.64. The summed E-state index contributed by atoms with van der Waals surface area (Å²) in [6.45, 7) is 6.58. The predicted octanol–water partition coefficient (Wildman–Crippen LogP) is 5.84. The van der Waals surface area contributed by atoms with E-state index in [1.807, 2.05) is 20.8 Å². The maximum atomic E-state index is 14.1. The Bertz CT molecular complexity index is 1480. The molecule has 220 valence electrons. The van der Waals surface area contributed by atoms with Crippen LogP contribution in [0, 0.1) is 6.92 Å². The summed E-state index contributed by atoms with van der Waals surface area (Å²) < 4.78 is 34.5. The van der Waals surface area contributed by atoms with Crippen LogP contribution in [0.2, 0.25) is 10.0 Å². The number of aryl methyl sites for hydroxylation is 1. The van der Waals surface area contributed by atoms with Crippen molar-refractivity contribution >= 4 is 50.7 Å². The Balaban J connectivity index is 2.10. The molecule has 41 heavy (non-hydrogen) atoms. The number of nitrogens with one attached hydrogen (secondary N) is 1. The monoisotopic (exact) mass is 619 g/mol. The number of hydrogen-bond donors (Lipinski definition) is 1. The van der Waals surface area contributed by atoms with E-state index in [0.29, 0.717) is 22.0 Å². The maximum absolute atomic E-state index is 14.1. The van der Waals surface area contributed by atoms with Crippen LogP contribution in [0.5, 0.6) is 5.75 Å². The summed E-state index contributed by atoms with van der Waals surface area (Å²) in [5.41, 5.74) is 1.52. The normalized spacial score (nSPS) is 12.8. The smallest absolute Gasteiger partial charge is 0.264 e. The molecule has 0 fully saturated rings. The van der Waals surface area contributed by atoms with E-state index in [-0.39, 0.29) is 34.8 Å². The number of anilines is 1. The lowest BCUT2D eigenvalue weighted by molar-refractivity contribution is -0.139. The Morgan fingerprint density at radius 1 is 1.00 bits per heavy atom. The number of benzene rings is 3. The first-order valence-electron chi connectivity index (χ1n) is 13.1. The van der Waals surface area contributed by atoms with Gasteiger partial charge in [-0.15, -0.1) is 0 Å². The molecule has 0 heterocycles. The van der Waals surface area contributed by atoms with Crippen LogP contribution >= 0.6 is 23.2 Å². The third kappa shape index (κ3) is 7.93. The lowest BCUT2D eigenvalue weighted by Crippen LogP contribution is -2.52. The van der Waals surface area contributed by atoms with E-state index >= 15 is 0 Å². The Morgan fingerprint density at radius 2 is 1.68 bits per heavy atom. The molecule has 0 bridgehead atoms. The number of methoxy groups -OCH3 is 1. The van der Waals surface area contributed by atoms with Gasteiger partial charge >= 0.3 is 0 Å². The van der Waals surface area contributed by atoms with Crippen LogP contribution < -0.4 is 14.4 Å². The van der Waals surface area contributed by atoms with Gasteiger partial charge in [-0.25, -0.2) is 8.42 Å². The molecule has 1 N–H and O–H groups in total. The van der Waals surface area contributed by atoms with Gasteiger partial charge in [-0.2, -0.15) is 0 Å². The molecule has 2 atom stereocenters. The highest BCUT2D eigenvalue weighted by Crippen LogP contribution is 2.34. The van der Waals surface area contributed by atoms with Crippen LogP contribution in [0.4, 0.5) is 5.69 Å². The van der Waals surface area contributed by atoms with E-state index in [1.54, 1.807) is 61.5 Å². The molecule has 0 saturated carbocycles. The molecule has 0 aliphatic rings. The summed E-state index contributed by atoms with van der Waals surface area (Å²) in [7, 11) is -2.80. The lowest BCUT2D eigenvalue weighted by Gasteiger charge is -2.33. The van der Waals surface area contributed by atoms with Gasteiger partial charge in [0, 0.05) is 22.6 Å². The van der Waals surface area contributed by atoms with Gasteiger partial charge in [0.2, 0.25) is 11.8 Å². The van der Waals surface area contributed by atoms with Gasteiger partial charge in [0.25, 0.3) is 10.0 Å². The van der Waals surface area contributed by atoms with Gasteiger partial charge < -0.3 is 15.0 Å². The number of amides is 2. The molecule has 0 spiro atoms. The minimum absolute atomic E-state index is 0.00576. The second kappa shape index (κ2) is 14.1. The fourth-order valence-corrected chi connectivity index (χ4v) is 6.02. The largest absolute Gasteiger partial charge is 0.495 e. The molecule has 0 radical (unpaired) electrons. The molecule has 11 heteroatoms. The lowest BCUT2D eigenvalue weighted by atomic mass is 10.1. The van der Waals surface area contributed by atoms with Crippen LogP contribution in [-0.4, -0.2) is 50.9 Å². The molecule has 0 aliphatic heterocycles. The molecular weight excluding hydrogens is 585 g/mol. The van der Waals surface area contributed by atoms with Gasteiger partial charge in [0.15, 0.2) is 0 Å². The van der Waals surface area contributed by atoms with Gasteiger partial charge in [-0.3, -0.25) is 13.9 Å². The molecule has 8 nitrogen and oxygen atoms in total. The van der Waals surface area contributed by atoms with Crippen LogP contribution in [0.15, 0.2) is 71.6 Å². The number of carbonyl (C=O) groups is 2. The third-order valence-corrected chi connectivity index (χ3v) is 9.10. The van der Waals surface area contributed by atoms with Crippen molar-refractivity contribution in [2.75, 3.05) is 18.0 Å². The van der Waals surface area contributed by atoms with Crippen molar-refractivity contribution in [2.45, 2.75) is 57.6 Å². The average molecular weight is 621 g/mol. The molecule has 3 aromatic rings. The predicted molar refractivity (Wildman–Crippen MR) is 163 cm³/mol. The zero-order valence-electron chi connectivity index (χ0n) is 23.7. The standard InChI is InChI=1S/C30H35Cl2N3O5S/c1-6-21(3)33-30(37)22(4)34(18-23-13-14-24(31)17-26(23)32)29(36)19-35(27-16-20(2)12-15-28(27)40-5)41(38,39)25-10-8-7-9-11-25/h7-17,21-22H,6,18-19H2,1-5H3,(H,33,37)/t21-,22+/m1/s1. The summed E-state index contributed by atoms with van der Waals surface area (Å²) in [6.07, 6.45) is 0.700. The van der Waals surface area contributed by atoms with Gasteiger partial charge in [0.1, 0.15) is 18.3 Å². The molecule has 3 aromatic carbocycles. The fourth-order valence-electron chi connectivity index (χ4n) is 4.11. The SMILES string of the molecule is CC[C@@H](C)NC(=O)[C@H](C)N(Cc1ccc(Cl)cc1Cl)C(=O)CN(c1cc(C)ccc1OC)S(=O)(=O)c1ccccc1. The molecule has 0 aromatic heterocycles. The molecule has 0 aliphatic carbocycles. The van der Waals surface area contributed by atoms with Gasteiger partial charge in [-0.1, -0.05) is 60.5 Å². The van der Waals surface area contributed by atoms with E-state index in [9.17, 15) is 18.0 Å². The van der Waals surface area contributed by atoms with E-state index in [2.05, 4.69) is 5.32 Å². The molecule has 3 rings (SSSR count). The van der Waals surface area contributed by atoms with Crippen molar-refractivity contribution in [3.63, 3.8) is 0 Å². The number of nitrogens with zero attached hydrogens (tertiary/aromatic N) is 2. The number of rotatable bonds is 12. The summed E-state index contributed by atoms with van der Waals surface area (Å²) in [4.78, 5) is 28.6. The van der Waals surface area contributed by atoms with E-state index in [4.69, 9.17) is 27.9 Å². The van der Waals surface area contributed by atoms with Crippen molar-refractivity contribution in [2.24, 2.45) is 0 Å². The Kier molecular flexibility index (Phi) is 11.1. The third-order valence-electron chi connectivity index (χ3n) is 6.74. The highest BCUT2D eigenvalue weighted by Gasteiger charge is 2.34. The number of halogens is 2. The van der Waals surface area contributed by atoms with Crippen molar-refractivity contribution in [3.8, 4) is 5.75 Å². The highest BCUT2D eigenvalue weighted by molar-refractivity contribution is 7.92. The highest BCUT2D eigenvalue weighted by atomic mass is 35.5. The maximum Gasteiger partial charge on any atom is 0.264 e. The number of ether oxygens (including phenoxy) is 1. The van der Waals surface area contributed by atoms with Crippen molar-refractivity contribution in [3.05, 3.63) is 87.9 Å². The van der Waals surface area contributed by atoms with Gasteiger partial charge in [0.05, 0.1) is 17.7 Å². The Labute approximate surface area is 252 Å². The average Bonchev–Trinajstić information content (AvgIpc) is 2.95. The fraction of sp³-hybridized carbons (Fsp3) is 0.333. The van der Waals surface area contributed by atoms with Crippen LogP contribution in [0.1, 0.15) is 38.3 Å². The van der Waals surface area contributed by atoms with Crippen molar-refractivity contribution < 1.29 is 22.7 Å². The molecule has 0 unspecified atom stereocenters. The summed E-state index contributed by atoms with van der Waals surface area (Å²) in [6, 6.07) is 16.7. The number of sulfonamides is 1. The second-order valence-corrected chi connectivity index (χ2v) is 12.5. The molecule has 0 saturated heterocycles. The number of hydrogen-bond acceptors (Lipinski definition) is 5. The number of carbonyl (C=O) groups excluding carboxylic acids is 2. The first-order valence-corrected chi connectivity index (χ1v) is 15.3. The van der Waals surface area contributed by atoms with Crippen LogP contribution in [0.25, 0.3) is 0 Å². The molecular formula is C30H35Cl2N3O5S. The van der Waals surface area contributed by atoms with E-state index in [1.165, 1.54) is 24.1 Å². The molecule has 2 amide bonds. The first kappa shape index (κ1) is 32.2. The topological polar surface area (TPSA) is 96.0 Å². The Hall–Kier alpha value is -3.27. The summed E-state index contributed by atoms with van der Waals surface area (Å²) >= 11 is 12.5. The van der Waals surface area contributed by atoms with E-state index in [0.717, 1.165) is 9.87 Å². The first-order chi connectivity index (χ1) is 19.4. The van der Waals surface area contributed by atoms with Crippen LogP contribution in [0.3, 0.4) is 0 Å². The van der Waals surface area contributed by atoms with Crippen molar-refractivity contribution in [1.82, 2.24) is 10.2 Å². The second-order valence-electron chi connectivity index (χ2n) is 9.75. The minimum Gasteiger partial charge on any atom is -0.495 e. The minimum atomic E-state index is -4.23. The quantitative estimate of drug-likeness (QED) is 0.275. The summed E-state index contributed by atoms with van der Waals surface area (Å²) in [5.74, 6) is -0.702.